The largest absolute Gasteiger partial charge is 0.314 e. The lowest BCUT2D eigenvalue weighted by molar-refractivity contribution is 0.218. The fraction of sp³-hybridized carbons (Fsp3) is 1.00. The van der Waals surface area contributed by atoms with Crippen LogP contribution in [0.5, 0.6) is 0 Å². The SMILES string of the molecule is CCCCCCCCC(NCC)C(C)(C)CC. The molecule has 0 aromatic heterocycles. The fourth-order valence-corrected chi connectivity index (χ4v) is 2.39. The van der Waals surface area contributed by atoms with Gasteiger partial charge in [0.2, 0.25) is 0 Å². The standard InChI is InChI=1S/C16H35N/c1-6-9-10-11-12-13-14-15(17-8-3)16(4,5)7-2/h15,17H,6-14H2,1-5H3. The molecule has 1 N–H and O–H groups in total. The van der Waals surface area contributed by atoms with Crippen molar-refractivity contribution in [2.45, 2.75) is 92.0 Å². The Morgan fingerprint density at radius 3 is 2.00 bits per heavy atom. The Labute approximate surface area is 110 Å². The van der Waals surface area contributed by atoms with Crippen molar-refractivity contribution >= 4 is 0 Å². The van der Waals surface area contributed by atoms with Crippen LogP contribution in [0.15, 0.2) is 0 Å². The van der Waals surface area contributed by atoms with Crippen LogP contribution >= 0.6 is 0 Å². The summed E-state index contributed by atoms with van der Waals surface area (Å²) in [7, 11) is 0. The van der Waals surface area contributed by atoms with E-state index < -0.39 is 0 Å². The fourth-order valence-electron chi connectivity index (χ4n) is 2.39. The Bertz CT molecular complexity index is 163. The van der Waals surface area contributed by atoms with Gasteiger partial charge in [0.1, 0.15) is 0 Å². The molecule has 0 saturated heterocycles. The third-order valence-electron chi connectivity index (χ3n) is 4.15. The van der Waals surface area contributed by atoms with Crippen molar-refractivity contribution in [2.75, 3.05) is 6.54 Å². The lowest BCUT2D eigenvalue weighted by atomic mass is 9.79. The second-order valence-electron chi connectivity index (χ2n) is 6.01. The minimum absolute atomic E-state index is 0.444. The van der Waals surface area contributed by atoms with E-state index >= 15 is 0 Å². The molecule has 0 bridgehead atoms. The molecular weight excluding hydrogens is 206 g/mol. The first-order valence-electron chi connectivity index (χ1n) is 7.81. The van der Waals surface area contributed by atoms with Crippen molar-refractivity contribution in [3.05, 3.63) is 0 Å². The Morgan fingerprint density at radius 2 is 1.47 bits per heavy atom. The average Bonchev–Trinajstić information content (AvgIpc) is 2.32. The van der Waals surface area contributed by atoms with Crippen LogP contribution in [-0.2, 0) is 0 Å². The van der Waals surface area contributed by atoms with E-state index in [4.69, 9.17) is 0 Å². The lowest BCUT2D eigenvalue weighted by Gasteiger charge is -2.34. The zero-order valence-corrected chi connectivity index (χ0v) is 12.9. The van der Waals surface area contributed by atoms with Crippen molar-refractivity contribution < 1.29 is 0 Å². The molecule has 1 heteroatoms. The summed E-state index contributed by atoms with van der Waals surface area (Å²) in [6, 6.07) is 0.698. The molecule has 17 heavy (non-hydrogen) atoms. The zero-order chi connectivity index (χ0) is 13.1. The molecule has 0 aromatic carbocycles. The van der Waals surface area contributed by atoms with Crippen LogP contribution in [0, 0.1) is 5.41 Å². The molecule has 0 amide bonds. The predicted molar refractivity (Wildman–Crippen MR) is 79.5 cm³/mol. The van der Waals surface area contributed by atoms with Crippen LogP contribution < -0.4 is 5.32 Å². The van der Waals surface area contributed by atoms with E-state index in [2.05, 4.69) is 39.9 Å². The van der Waals surface area contributed by atoms with E-state index in [1.54, 1.807) is 0 Å². The molecule has 1 unspecified atom stereocenters. The predicted octanol–water partition coefficient (Wildman–Crippen LogP) is 5.15. The molecule has 0 spiro atoms. The monoisotopic (exact) mass is 241 g/mol. The molecule has 1 nitrogen and oxygen atoms in total. The first-order valence-corrected chi connectivity index (χ1v) is 7.81. The van der Waals surface area contributed by atoms with Gasteiger partial charge >= 0.3 is 0 Å². The number of unbranched alkanes of at least 4 members (excludes halogenated alkanes) is 5. The van der Waals surface area contributed by atoms with Crippen LogP contribution in [-0.4, -0.2) is 12.6 Å². The molecule has 0 rings (SSSR count). The van der Waals surface area contributed by atoms with Crippen molar-refractivity contribution in [3.63, 3.8) is 0 Å². The van der Waals surface area contributed by atoms with Crippen LogP contribution in [0.1, 0.15) is 86.0 Å². The number of nitrogens with one attached hydrogen (secondary N) is 1. The van der Waals surface area contributed by atoms with Gasteiger partial charge in [-0.05, 0) is 24.8 Å². The molecular formula is C16H35N. The maximum atomic E-state index is 3.68. The second kappa shape index (κ2) is 9.94. The highest BCUT2D eigenvalue weighted by molar-refractivity contribution is 4.82. The molecule has 0 saturated carbocycles. The lowest BCUT2D eigenvalue weighted by Crippen LogP contribution is -2.41. The Kier molecular flexibility index (Phi) is 9.91. The minimum Gasteiger partial charge on any atom is -0.314 e. The first-order chi connectivity index (χ1) is 8.08. The summed E-state index contributed by atoms with van der Waals surface area (Å²) in [6.07, 6.45) is 11.0. The van der Waals surface area contributed by atoms with E-state index in [1.807, 2.05) is 0 Å². The van der Waals surface area contributed by atoms with E-state index in [9.17, 15) is 0 Å². The number of rotatable bonds is 11. The molecule has 0 heterocycles. The minimum atomic E-state index is 0.444. The Morgan fingerprint density at radius 1 is 0.882 bits per heavy atom. The second-order valence-corrected chi connectivity index (χ2v) is 6.01. The molecule has 0 aromatic rings. The van der Waals surface area contributed by atoms with E-state index in [1.165, 1.54) is 51.4 Å². The van der Waals surface area contributed by atoms with Gasteiger partial charge in [-0.2, -0.15) is 0 Å². The first kappa shape index (κ1) is 17.0. The topological polar surface area (TPSA) is 12.0 Å². The highest BCUT2D eigenvalue weighted by atomic mass is 14.9. The summed E-state index contributed by atoms with van der Waals surface area (Å²) in [5.74, 6) is 0. The third kappa shape index (κ3) is 7.81. The maximum Gasteiger partial charge on any atom is 0.0118 e. The van der Waals surface area contributed by atoms with Gasteiger partial charge < -0.3 is 5.32 Å². The van der Waals surface area contributed by atoms with Crippen LogP contribution in [0.4, 0.5) is 0 Å². The third-order valence-corrected chi connectivity index (χ3v) is 4.15. The molecule has 0 aliphatic carbocycles. The Balaban J connectivity index is 3.78. The van der Waals surface area contributed by atoms with Crippen molar-refractivity contribution in [1.82, 2.24) is 5.32 Å². The van der Waals surface area contributed by atoms with E-state index in [0.717, 1.165) is 6.54 Å². The summed E-state index contributed by atoms with van der Waals surface area (Å²) in [4.78, 5) is 0. The van der Waals surface area contributed by atoms with Gasteiger partial charge in [-0.1, -0.05) is 73.1 Å². The summed E-state index contributed by atoms with van der Waals surface area (Å²) in [6.45, 7) is 12.7. The van der Waals surface area contributed by atoms with Gasteiger partial charge in [-0.25, -0.2) is 0 Å². The van der Waals surface area contributed by atoms with Crippen LogP contribution in [0.2, 0.25) is 0 Å². The van der Waals surface area contributed by atoms with Gasteiger partial charge in [0.05, 0.1) is 0 Å². The summed E-state index contributed by atoms with van der Waals surface area (Å²) < 4.78 is 0. The van der Waals surface area contributed by atoms with Gasteiger partial charge in [0, 0.05) is 6.04 Å². The van der Waals surface area contributed by atoms with Gasteiger partial charge in [-0.15, -0.1) is 0 Å². The summed E-state index contributed by atoms with van der Waals surface area (Å²) in [5, 5.41) is 3.68. The molecule has 0 aliphatic heterocycles. The van der Waals surface area contributed by atoms with Crippen molar-refractivity contribution in [2.24, 2.45) is 5.41 Å². The smallest absolute Gasteiger partial charge is 0.0118 e. The summed E-state index contributed by atoms with van der Waals surface area (Å²) in [5.41, 5.74) is 0.444. The molecule has 0 aliphatic rings. The van der Waals surface area contributed by atoms with Gasteiger partial charge in [0.15, 0.2) is 0 Å². The van der Waals surface area contributed by atoms with E-state index in [-0.39, 0.29) is 0 Å². The summed E-state index contributed by atoms with van der Waals surface area (Å²) >= 11 is 0. The number of hydrogen-bond donors (Lipinski definition) is 1. The van der Waals surface area contributed by atoms with Gasteiger partial charge in [-0.3, -0.25) is 0 Å². The number of hydrogen-bond acceptors (Lipinski definition) is 1. The van der Waals surface area contributed by atoms with E-state index in [0.29, 0.717) is 11.5 Å². The molecule has 1 atom stereocenters. The van der Waals surface area contributed by atoms with Crippen LogP contribution in [0.3, 0.4) is 0 Å². The molecule has 0 radical (unpaired) electrons. The molecule has 104 valence electrons. The van der Waals surface area contributed by atoms with Crippen LogP contribution in [0.25, 0.3) is 0 Å². The van der Waals surface area contributed by atoms with Crippen molar-refractivity contribution in [1.29, 1.82) is 0 Å². The average molecular weight is 241 g/mol. The molecule has 0 fully saturated rings. The highest BCUT2D eigenvalue weighted by Gasteiger charge is 2.26. The maximum absolute atomic E-state index is 3.68. The van der Waals surface area contributed by atoms with Gasteiger partial charge in [0.25, 0.3) is 0 Å². The quantitative estimate of drug-likeness (QED) is 0.493. The normalized spacial score (nSPS) is 13.9. The Hall–Kier alpha value is -0.0400. The highest BCUT2D eigenvalue weighted by Crippen LogP contribution is 2.28. The zero-order valence-electron chi connectivity index (χ0n) is 12.9. The van der Waals surface area contributed by atoms with Crippen molar-refractivity contribution in [3.8, 4) is 0 Å².